The molecular formula is C25H21N3O3. The van der Waals surface area contributed by atoms with Gasteiger partial charge in [-0.1, -0.05) is 36.4 Å². The zero-order valence-electron chi connectivity index (χ0n) is 17.5. The van der Waals surface area contributed by atoms with Gasteiger partial charge in [0.2, 0.25) is 5.75 Å². The molecule has 0 spiro atoms. The number of nitrogens with zero attached hydrogens (tertiary/aromatic N) is 3. The molecule has 3 aromatic carbocycles. The van der Waals surface area contributed by atoms with E-state index in [0.29, 0.717) is 23.1 Å². The molecule has 31 heavy (non-hydrogen) atoms. The number of fused-ring (bicyclic) bond motifs is 2. The summed E-state index contributed by atoms with van der Waals surface area (Å²) in [6.45, 7) is 0. The molecule has 0 saturated heterocycles. The summed E-state index contributed by atoms with van der Waals surface area (Å²) in [5.74, 6) is 2.37. The summed E-state index contributed by atoms with van der Waals surface area (Å²) in [7, 11) is 4.78. The fourth-order valence-corrected chi connectivity index (χ4v) is 3.84. The molecule has 6 nitrogen and oxygen atoms in total. The first-order valence-corrected chi connectivity index (χ1v) is 9.86. The number of hydrogen-bond donors (Lipinski definition) is 0. The molecule has 0 unspecified atom stereocenters. The third kappa shape index (κ3) is 3.22. The summed E-state index contributed by atoms with van der Waals surface area (Å²) in [5.41, 5.74) is 3.78. The van der Waals surface area contributed by atoms with Gasteiger partial charge in [-0.05, 0) is 52.2 Å². The second kappa shape index (κ2) is 7.65. The molecule has 0 atom stereocenters. The van der Waals surface area contributed by atoms with E-state index in [2.05, 4.69) is 64.9 Å². The lowest BCUT2D eigenvalue weighted by Crippen LogP contribution is -1.97. The zero-order valence-corrected chi connectivity index (χ0v) is 17.5. The van der Waals surface area contributed by atoms with Gasteiger partial charge in [0.25, 0.3) is 0 Å². The molecule has 0 radical (unpaired) electrons. The molecule has 0 aliphatic rings. The number of pyridine rings is 1. The Morgan fingerprint density at radius 2 is 1.35 bits per heavy atom. The minimum absolute atomic E-state index is 0.541. The summed E-state index contributed by atoms with van der Waals surface area (Å²) in [6, 6.07) is 22.6. The molecule has 0 saturated carbocycles. The van der Waals surface area contributed by atoms with E-state index < -0.39 is 0 Å². The Bertz CT molecular complexity index is 1380. The van der Waals surface area contributed by atoms with Crippen LogP contribution in [-0.2, 0) is 0 Å². The van der Waals surface area contributed by atoms with Gasteiger partial charge in [-0.3, -0.25) is 4.40 Å². The van der Waals surface area contributed by atoms with Gasteiger partial charge in [-0.2, -0.15) is 0 Å². The van der Waals surface area contributed by atoms with Crippen LogP contribution in [0.4, 0.5) is 0 Å². The number of benzene rings is 3. The van der Waals surface area contributed by atoms with Crippen LogP contribution in [0.2, 0.25) is 0 Å². The van der Waals surface area contributed by atoms with E-state index in [-0.39, 0.29) is 0 Å². The van der Waals surface area contributed by atoms with Gasteiger partial charge in [-0.15, -0.1) is 10.2 Å². The fourth-order valence-electron chi connectivity index (χ4n) is 3.84. The van der Waals surface area contributed by atoms with Crippen LogP contribution in [0.3, 0.4) is 0 Å². The highest BCUT2D eigenvalue weighted by Gasteiger charge is 2.17. The van der Waals surface area contributed by atoms with Crippen LogP contribution in [0, 0.1) is 0 Å². The molecule has 5 rings (SSSR count). The molecule has 154 valence electrons. The Hall–Kier alpha value is -4.06. The minimum Gasteiger partial charge on any atom is -0.493 e. The smallest absolute Gasteiger partial charge is 0.203 e. The van der Waals surface area contributed by atoms with Gasteiger partial charge in [0.15, 0.2) is 23.0 Å². The van der Waals surface area contributed by atoms with Gasteiger partial charge in [0.05, 0.1) is 21.3 Å². The minimum atomic E-state index is 0.541. The Balaban J connectivity index is 1.66. The Labute approximate surface area is 179 Å². The number of methoxy groups -OCH3 is 3. The van der Waals surface area contributed by atoms with Crippen molar-refractivity contribution in [2.45, 2.75) is 0 Å². The van der Waals surface area contributed by atoms with Crippen LogP contribution in [0.5, 0.6) is 17.2 Å². The normalized spacial score (nSPS) is 11.1. The van der Waals surface area contributed by atoms with Crippen molar-refractivity contribution < 1.29 is 14.2 Å². The van der Waals surface area contributed by atoms with Crippen LogP contribution in [0.15, 0.2) is 72.9 Å². The number of aromatic nitrogens is 3. The third-order valence-corrected chi connectivity index (χ3v) is 5.41. The lowest BCUT2D eigenvalue weighted by molar-refractivity contribution is 0.324. The average Bonchev–Trinajstić information content (AvgIpc) is 3.26. The van der Waals surface area contributed by atoms with Gasteiger partial charge >= 0.3 is 0 Å². The maximum absolute atomic E-state index is 5.50. The van der Waals surface area contributed by atoms with Gasteiger partial charge in [-0.25, -0.2) is 0 Å². The first-order valence-electron chi connectivity index (χ1n) is 9.86. The number of rotatable bonds is 5. The number of ether oxygens (including phenoxy) is 3. The van der Waals surface area contributed by atoms with Crippen molar-refractivity contribution in [2.75, 3.05) is 21.3 Å². The van der Waals surface area contributed by atoms with E-state index in [4.69, 9.17) is 14.2 Å². The van der Waals surface area contributed by atoms with E-state index in [0.717, 1.165) is 22.3 Å². The summed E-state index contributed by atoms with van der Waals surface area (Å²) in [4.78, 5) is 0. The first kappa shape index (κ1) is 18.9. The SMILES string of the molecule is COc1cc(-c2nnc3ccc(-c4ccc5ccccc5c4)cn23)cc(OC)c1OC. The van der Waals surface area contributed by atoms with Crippen molar-refractivity contribution in [1.29, 1.82) is 0 Å². The molecule has 0 fully saturated rings. The summed E-state index contributed by atoms with van der Waals surface area (Å²) in [5, 5.41) is 11.2. The van der Waals surface area contributed by atoms with E-state index >= 15 is 0 Å². The molecule has 0 aliphatic carbocycles. The van der Waals surface area contributed by atoms with Gasteiger partial charge < -0.3 is 14.2 Å². The predicted octanol–water partition coefficient (Wildman–Crippen LogP) is 5.24. The van der Waals surface area contributed by atoms with Crippen LogP contribution in [0.25, 0.3) is 38.9 Å². The molecular weight excluding hydrogens is 390 g/mol. The van der Waals surface area contributed by atoms with Crippen LogP contribution in [-0.4, -0.2) is 35.9 Å². The quantitative estimate of drug-likeness (QED) is 0.396. The van der Waals surface area contributed by atoms with Crippen LogP contribution >= 0.6 is 0 Å². The van der Waals surface area contributed by atoms with E-state index in [9.17, 15) is 0 Å². The molecule has 2 aromatic heterocycles. The summed E-state index contributed by atoms with van der Waals surface area (Å²) < 4.78 is 18.4. The zero-order chi connectivity index (χ0) is 21.4. The molecule has 0 amide bonds. The van der Waals surface area contributed by atoms with Gasteiger partial charge in [0, 0.05) is 11.8 Å². The number of hydrogen-bond acceptors (Lipinski definition) is 5. The predicted molar refractivity (Wildman–Crippen MR) is 121 cm³/mol. The molecule has 6 heteroatoms. The topological polar surface area (TPSA) is 57.9 Å². The summed E-state index contributed by atoms with van der Waals surface area (Å²) >= 11 is 0. The van der Waals surface area contributed by atoms with E-state index in [1.54, 1.807) is 21.3 Å². The Kier molecular flexibility index (Phi) is 4.67. The van der Waals surface area contributed by atoms with Crippen LogP contribution < -0.4 is 14.2 Å². The standard InChI is InChI=1S/C25H21N3O3/c1-29-21-13-20(14-22(30-2)24(21)31-3)25-27-26-23-11-10-19(15-28(23)25)18-9-8-16-6-4-5-7-17(16)12-18/h4-15H,1-3H3. The van der Waals surface area contributed by atoms with Crippen molar-refractivity contribution in [3.63, 3.8) is 0 Å². The Morgan fingerprint density at radius 3 is 2.06 bits per heavy atom. The second-order valence-electron chi connectivity index (χ2n) is 7.15. The third-order valence-electron chi connectivity index (χ3n) is 5.41. The maximum Gasteiger partial charge on any atom is 0.203 e. The first-order chi connectivity index (χ1) is 15.2. The van der Waals surface area contributed by atoms with E-state index in [1.807, 2.05) is 22.6 Å². The molecule has 0 bridgehead atoms. The monoisotopic (exact) mass is 411 g/mol. The van der Waals surface area contributed by atoms with Crippen molar-refractivity contribution in [1.82, 2.24) is 14.6 Å². The highest BCUT2D eigenvalue weighted by atomic mass is 16.5. The molecule has 2 heterocycles. The Morgan fingerprint density at radius 1 is 0.645 bits per heavy atom. The highest BCUT2D eigenvalue weighted by Crippen LogP contribution is 2.41. The van der Waals surface area contributed by atoms with Crippen LogP contribution in [0.1, 0.15) is 0 Å². The summed E-state index contributed by atoms with van der Waals surface area (Å²) in [6.07, 6.45) is 2.05. The molecule has 0 N–H and O–H groups in total. The van der Waals surface area contributed by atoms with Gasteiger partial charge in [0.1, 0.15) is 0 Å². The largest absolute Gasteiger partial charge is 0.493 e. The van der Waals surface area contributed by atoms with Crippen molar-refractivity contribution in [3.05, 3.63) is 72.9 Å². The fraction of sp³-hybridized carbons (Fsp3) is 0.120. The maximum atomic E-state index is 5.50. The lowest BCUT2D eigenvalue weighted by Gasteiger charge is -2.13. The van der Waals surface area contributed by atoms with Crippen molar-refractivity contribution in [2.24, 2.45) is 0 Å². The lowest BCUT2D eigenvalue weighted by atomic mass is 10.0. The van der Waals surface area contributed by atoms with Crippen molar-refractivity contribution >= 4 is 16.4 Å². The molecule has 5 aromatic rings. The van der Waals surface area contributed by atoms with E-state index in [1.165, 1.54) is 10.8 Å². The second-order valence-corrected chi connectivity index (χ2v) is 7.15. The van der Waals surface area contributed by atoms with Crippen molar-refractivity contribution in [3.8, 4) is 39.8 Å². The highest BCUT2D eigenvalue weighted by molar-refractivity contribution is 5.87. The molecule has 0 aliphatic heterocycles. The average molecular weight is 411 g/mol.